The summed E-state index contributed by atoms with van der Waals surface area (Å²) in [5.74, 6) is 0.939. The van der Waals surface area contributed by atoms with Crippen molar-refractivity contribution in [3.63, 3.8) is 0 Å². The Bertz CT molecular complexity index is 403. The van der Waals surface area contributed by atoms with Crippen LogP contribution in [0.15, 0.2) is 12.4 Å². The van der Waals surface area contributed by atoms with E-state index < -0.39 is 0 Å². The number of rotatable bonds is 4. The first-order chi connectivity index (χ1) is 9.56. The molecule has 1 unspecified atom stereocenters. The summed E-state index contributed by atoms with van der Waals surface area (Å²) < 4.78 is 0. The number of likely N-dealkylation sites (N-methyl/N-ethyl adjacent to an activating group) is 2. The lowest BCUT2D eigenvalue weighted by Gasteiger charge is -2.26. The number of hydrogen-bond donors (Lipinski definition) is 1. The third kappa shape index (κ3) is 4.23. The summed E-state index contributed by atoms with van der Waals surface area (Å²) >= 11 is 0. The van der Waals surface area contributed by atoms with Gasteiger partial charge in [-0.2, -0.15) is 0 Å². The van der Waals surface area contributed by atoms with Gasteiger partial charge in [-0.15, -0.1) is 0 Å². The van der Waals surface area contributed by atoms with Gasteiger partial charge in [0.05, 0.1) is 6.04 Å². The van der Waals surface area contributed by atoms with Crippen LogP contribution in [0.2, 0.25) is 0 Å². The molecule has 1 atom stereocenters. The molecule has 0 radical (unpaired) electrons. The Morgan fingerprint density at radius 2 is 1.95 bits per heavy atom. The molecule has 5 nitrogen and oxygen atoms in total. The lowest BCUT2D eigenvalue weighted by atomic mass is 10.2. The van der Waals surface area contributed by atoms with Gasteiger partial charge in [-0.25, -0.2) is 9.97 Å². The number of nitrogens with zero attached hydrogens (tertiary/aromatic N) is 4. The number of aromatic nitrogens is 2. The fraction of sp³-hybridized carbons (Fsp3) is 0.733. The van der Waals surface area contributed by atoms with Crippen LogP contribution in [0, 0.1) is 0 Å². The zero-order chi connectivity index (χ0) is 14.5. The van der Waals surface area contributed by atoms with Crippen molar-refractivity contribution in [3.8, 4) is 0 Å². The molecule has 5 heteroatoms. The highest BCUT2D eigenvalue weighted by atomic mass is 15.2. The molecule has 1 N–H and O–H groups in total. The molecule has 0 saturated carbocycles. The van der Waals surface area contributed by atoms with E-state index in [2.05, 4.69) is 53.0 Å². The van der Waals surface area contributed by atoms with Gasteiger partial charge in [-0.05, 0) is 33.6 Å². The summed E-state index contributed by atoms with van der Waals surface area (Å²) in [6.07, 6.45) is 5.12. The third-order valence-electron chi connectivity index (χ3n) is 3.81. The Morgan fingerprint density at radius 1 is 1.25 bits per heavy atom. The first kappa shape index (κ1) is 15.4. The van der Waals surface area contributed by atoms with Gasteiger partial charge < -0.3 is 10.2 Å². The topological polar surface area (TPSA) is 44.3 Å². The predicted octanol–water partition coefficient (Wildman–Crippen LogP) is 1.28. The van der Waals surface area contributed by atoms with Crippen molar-refractivity contribution in [2.24, 2.45) is 0 Å². The lowest BCUT2D eigenvalue weighted by Crippen LogP contribution is -2.32. The van der Waals surface area contributed by atoms with Gasteiger partial charge in [0.15, 0.2) is 0 Å². The van der Waals surface area contributed by atoms with Crippen molar-refractivity contribution in [1.29, 1.82) is 0 Å². The molecule has 112 valence electrons. The van der Waals surface area contributed by atoms with Gasteiger partial charge in [0.2, 0.25) is 0 Å². The highest BCUT2D eigenvalue weighted by Gasteiger charge is 2.24. The van der Waals surface area contributed by atoms with E-state index in [-0.39, 0.29) is 0 Å². The van der Waals surface area contributed by atoms with E-state index in [1.165, 1.54) is 6.42 Å². The first-order valence-corrected chi connectivity index (χ1v) is 7.49. The second-order valence-corrected chi connectivity index (χ2v) is 6.10. The molecule has 1 aliphatic heterocycles. The molecule has 0 bridgehead atoms. The second-order valence-electron chi connectivity index (χ2n) is 6.10. The van der Waals surface area contributed by atoms with Crippen molar-refractivity contribution in [2.45, 2.75) is 38.9 Å². The molecule has 2 heterocycles. The van der Waals surface area contributed by atoms with E-state index in [1.807, 2.05) is 12.4 Å². The van der Waals surface area contributed by atoms with Gasteiger partial charge in [-0.3, -0.25) is 4.90 Å². The van der Waals surface area contributed by atoms with Crippen LogP contribution >= 0.6 is 0 Å². The average Bonchev–Trinajstić information content (AvgIpc) is 2.59. The summed E-state index contributed by atoms with van der Waals surface area (Å²) in [7, 11) is 4.34. The monoisotopic (exact) mass is 277 g/mol. The minimum Gasteiger partial charge on any atom is -0.310 e. The van der Waals surface area contributed by atoms with Crippen LogP contribution in [0.3, 0.4) is 0 Å². The fourth-order valence-corrected chi connectivity index (χ4v) is 2.50. The normalized spacial score (nSPS) is 22.1. The molecule has 0 amide bonds. The van der Waals surface area contributed by atoms with E-state index >= 15 is 0 Å². The van der Waals surface area contributed by atoms with E-state index in [0.717, 1.165) is 37.6 Å². The van der Waals surface area contributed by atoms with Crippen molar-refractivity contribution < 1.29 is 0 Å². The molecule has 1 aliphatic rings. The molecular weight excluding hydrogens is 250 g/mol. The lowest BCUT2D eigenvalue weighted by molar-refractivity contribution is 0.219. The molecule has 20 heavy (non-hydrogen) atoms. The molecule has 1 saturated heterocycles. The second kappa shape index (κ2) is 7.11. The Hall–Kier alpha value is -1.04. The summed E-state index contributed by atoms with van der Waals surface area (Å²) in [5.41, 5.74) is 1.15. The first-order valence-electron chi connectivity index (χ1n) is 7.49. The highest BCUT2D eigenvalue weighted by Crippen LogP contribution is 2.19. The Labute approximate surface area is 122 Å². The molecule has 1 aromatic heterocycles. The van der Waals surface area contributed by atoms with Crippen LogP contribution in [-0.4, -0.2) is 59.5 Å². The van der Waals surface area contributed by atoms with Crippen LogP contribution in [0.1, 0.15) is 37.7 Å². The van der Waals surface area contributed by atoms with Crippen LogP contribution in [0.5, 0.6) is 0 Å². The van der Waals surface area contributed by atoms with Crippen LogP contribution in [0.4, 0.5) is 0 Å². The van der Waals surface area contributed by atoms with E-state index in [1.54, 1.807) is 0 Å². The van der Waals surface area contributed by atoms with Crippen LogP contribution in [0.25, 0.3) is 0 Å². The molecule has 0 spiro atoms. The fourth-order valence-electron chi connectivity index (χ4n) is 2.50. The average molecular weight is 277 g/mol. The largest absolute Gasteiger partial charge is 0.310 e. The van der Waals surface area contributed by atoms with Crippen LogP contribution in [-0.2, 0) is 6.54 Å². The summed E-state index contributed by atoms with van der Waals surface area (Å²) in [5, 5.41) is 3.39. The number of nitrogens with one attached hydrogen (secondary N) is 1. The third-order valence-corrected chi connectivity index (χ3v) is 3.81. The molecule has 1 fully saturated rings. The van der Waals surface area contributed by atoms with Crippen molar-refractivity contribution >= 4 is 0 Å². The van der Waals surface area contributed by atoms with Gasteiger partial charge in [0.25, 0.3) is 0 Å². The quantitative estimate of drug-likeness (QED) is 0.898. The van der Waals surface area contributed by atoms with E-state index in [0.29, 0.717) is 12.1 Å². The zero-order valence-corrected chi connectivity index (χ0v) is 13.1. The maximum absolute atomic E-state index is 4.59. The Balaban J connectivity index is 2.04. The van der Waals surface area contributed by atoms with E-state index in [9.17, 15) is 0 Å². The van der Waals surface area contributed by atoms with Gasteiger partial charge in [-0.1, -0.05) is 13.8 Å². The molecule has 2 rings (SSSR count). The smallest absolute Gasteiger partial charge is 0.146 e. The van der Waals surface area contributed by atoms with Crippen molar-refractivity contribution in [2.75, 3.05) is 33.7 Å². The number of hydrogen-bond acceptors (Lipinski definition) is 5. The molecule has 0 aromatic carbocycles. The molecule has 1 aromatic rings. The van der Waals surface area contributed by atoms with Crippen molar-refractivity contribution in [3.05, 3.63) is 23.8 Å². The maximum atomic E-state index is 4.59. The Morgan fingerprint density at radius 3 is 2.60 bits per heavy atom. The standard InChI is InChI=1S/C15H27N5/c1-12(2)16-8-13-9-17-15(18-10-13)14-11-19(3)6-5-7-20(14)4/h9-10,12,14,16H,5-8,11H2,1-4H3. The zero-order valence-electron chi connectivity index (χ0n) is 13.1. The van der Waals surface area contributed by atoms with Gasteiger partial charge in [0, 0.05) is 37.1 Å². The summed E-state index contributed by atoms with van der Waals surface area (Å²) in [6.45, 7) is 8.38. The minimum absolute atomic E-state index is 0.301. The minimum atomic E-state index is 0.301. The van der Waals surface area contributed by atoms with Gasteiger partial charge in [0.1, 0.15) is 5.82 Å². The van der Waals surface area contributed by atoms with Gasteiger partial charge >= 0.3 is 0 Å². The summed E-state index contributed by atoms with van der Waals surface area (Å²) in [6, 6.07) is 0.783. The predicted molar refractivity (Wildman–Crippen MR) is 81.5 cm³/mol. The SMILES string of the molecule is CC(C)NCc1cnc(C2CN(C)CCCN2C)nc1. The molecule has 0 aliphatic carbocycles. The molecular formula is C15H27N5. The van der Waals surface area contributed by atoms with Crippen molar-refractivity contribution in [1.82, 2.24) is 25.1 Å². The maximum Gasteiger partial charge on any atom is 0.146 e. The highest BCUT2D eigenvalue weighted by molar-refractivity contribution is 5.08. The summed E-state index contributed by atoms with van der Waals surface area (Å²) in [4.78, 5) is 13.9. The van der Waals surface area contributed by atoms with E-state index in [4.69, 9.17) is 0 Å². The Kier molecular flexibility index (Phi) is 5.46. The van der Waals surface area contributed by atoms with Crippen LogP contribution < -0.4 is 5.32 Å².